The second-order valence-electron chi connectivity index (χ2n) is 6.91. The third-order valence-corrected chi connectivity index (χ3v) is 6.97. The van der Waals surface area contributed by atoms with Crippen molar-refractivity contribution in [3.8, 4) is 0 Å². The van der Waals surface area contributed by atoms with E-state index in [1.807, 2.05) is 11.3 Å². The fraction of sp³-hybridized carbons (Fsp3) is 0.600. The zero-order chi connectivity index (χ0) is 19.1. The molecule has 3 rings (SSSR count). The Bertz CT molecular complexity index is 717. The van der Waals surface area contributed by atoms with Crippen LogP contribution >= 0.6 is 22.7 Å². The molecule has 27 heavy (non-hydrogen) atoms. The summed E-state index contributed by atoms with van der Waals surface area (Å²) in [5.41, 5.74) is 1.16. The van der Waals surface area contributed by atoms with Gasteiger partial charge in [-0.25, -0.2) is 4.98 Å². The van der Waals surface area contributed by atoms with Crippen LogP contribution < -0.4 is 10.6 Å². The minimum atomic E-state index is 0.398. The van der Waals surface area contributed by atoms with Gasteiger partial charge in [-0.15, -0.1) is 22.7 Å². The van der Waals surface area contributed by atoms with E-state index in [4.69, 9.17) is 4.99 Å². The SMILES string of the molecule is CCNC(=NCC(c1cccs1)N1CCCC1)NCCc1sc(C)nc1C. The molecule has 0 bridgehead atoms. The number of guanidine groups is 1. The van der Waals surface area contributed by atoms with Crippen LogP contribution in [0.3, 0.4) is 0 Å². The van der Waals surface area contributed by atoms with Crippen molar-refractivity contribution < 1.29 is 0 Å². The lowest BCUT2D eigenvalue weighted by molar-refractivity contribution is 0.255. The van der Waals surface area contributed by atoms with Crippen LogP contribution in [0.2, 0.25) is 0 Å². The minimum Gasteiger partial charge on any atom is -0.357 e. The van der Waals surface area contributed by atoms with Crippen molar-refractivity contribution in [1.29, 1.82) is 0 Å². The lowest BCUT2D eigenvalue weighted by Crippen LogP contribution is -2.39. The maximum absolute atomic E-state index is 4.92. The highest BCUT2D eigenvalue weighted by molar-refractivity contribution is 7.11. The van der Waals surface area contributed by atoms with E-state index in [1.165, 1.54) is 35.7 Å². The summed E-state index contributed by atoms with van der Waals surface area (Å²) in [6.45, 7) is 11.2. The molecule has 1 saturated heterocycles. The monoisotopic (exact) mass is 405 g/mol. The lowest BCUT2D eigenvalue weighted by Gasteiger charge is -2.25. The Labute approximate surface area is 170 Å². The van der Waals surface area contributed by atoms with Gasteiger partial charge in [-0.2, -0.15) is 0 Å². The summed E-state index contributed by atoms with van der Waals surface area (Å²) in [4.78, 5) is 14.8. The quantitative estimate of drug-likeness (QED) is 0.519. The number of thiophene rings is 1. The Morgan fingerprint density at radius 3 is 2.74 bits per heavy atom. The zero-order valence-corrected chi connectivity index (χ0v) is 18.3. The highest BCUT2D eigenvalue weighted by atomic mass is 32.1. The topological polar surface area (TPSA) is 52.6 Å². The molecular formula is C20H31N5S2. The first kappa shape index (κ1) is 20.3. The number of nitrogens with one attached hydrogen (secondary N) is 2. The molecule has 0 aromatic carbocycles. The summed E-state index contributed by atoms with van der Waals surface area (Å²) >= 11 is 3.64. The van der Waals surface area contributed by atoms with E-state index in [0.29, 0.717) is 6.04 Å². The van der Waals surface area contributed by atoms with E-state index < -0.39 is 0 Å². The number of hydrogen-bond acceptors (Lipinski definition) is 5. The minimum absolute atomic E-state index is 0.398. The highest BCUT2D eigenvalue weighted by Gasteiger charge is 2.24. The number of aliphatic imine (C=N–C) groups is 1. The first-order valence-corrected chi connectivity index (χ1v) is 11.6. The van der Waals surface area contributed by atoms with Crippen LogP contribution in [-0.2, 0) is 6.42 Å². The average molecular weight is 406 g/mol. The van der Waals surface area contributed by atoms with E-state index in [2.05, 4.69) is 58.8 Å². The van der Waals surface area contributed by atoms with Gasteiger partial charge in [0.2, 0.25) is 0 Å². The lowest BCUT2D eigenvalue weighted by atomic mass is 10.2. The van der Waals surface area contributed by atoms with Crippen LogP contribution in [0.25, 0.3) is 0 Å². The predicted molar refractivity (Wildman–Crippen MR) is 117 cm³/mol. The third-order valence-electron chi connectivity index (χ3n) is 4.86. The number of thiazole rings is 1. The molecule has 0 aliphatic carbocycles. The van der Waals surface area contributed by atoms with E-state index in [0.717, 1.165) is 42.7 Å². The Morgan fingerprint density at radius 1 is 1.30 bits per heavy atom. The van der Waals surface area contributed by atoms with Gasteiger partial charge in [0.05, 0.1) is 23.3 Å². The van der Waals surface area contributed by atoms with Gasteiger partial charge >= 0.3 is 0 Å². The van der Waals surface area contributed by atoms with Crippen molar-refractivity contribution in [2.45, 2.75) is 46.1 Å². The number of aryl methyl sites for hydroxylation is 2. The van der Waals surface area contributed by atoms with Crippen LogP contribution in [-0.4, -0.2) is 48.6 Å². The molecule has 1 fully saturated rings. The summed E-state index contributed by atoms with van der Waals surface area (Å²) < 4.78 is 0. The second-order valence-corrected chi connectivity index (χ2v) is 9.18. The molecular weight excluding hydrogens is 374 g/mol. The molecule has 1 atom stereocenters. The van der Waals surface area contributed by atoms with Crippen LogP contribution in [0.1, 0.15) is 46.3 Å². The Balaban J connectivity index is 1.60. The Kier molecular flexibility index (Phi) is 7.67. The van der Waals surface area contributed by atoms with Gasteiger partial charge in [-0.1, -0.05) is 6.07 Å². The van der Waals surface area contributed by atoms with Crippen LogP contribution in [0.5, 0.6) is 0 Å². The van der Waals surface area contributed by atoms with Crippen molar-refractivity contribution in [2.24, 2.45) is 4.99 Å². The van der Waals surface area contributed by atoms with Gasteiger partial charge in [0, 0.05) is 29.3 Å². The number of hydrogen-bond donors (Lipinski definition) is 2. The van der Waals surface area contributed by atoms with Crippen molar-refractivity contribution in [1.82, 2.24) is 20.5 Å². The Morgan fingerprint density at radius 2 is 2.11 bits per heavy atom. The van der Waals surface area contributed by atoms with Crippen molar-refractivity contribution in [3.63, 3.8) is 0 Å². The fourth-order valence-electron chi connectivity index (χ4n) is 3.54. The maximum Gasteiger partial charge on any atom is 0.191 e. The van der Waals surface area contributed by atoms with Crippen LogP contribution in [0.4, 0.5) is 0 Å². The van der Waals surface area contributed by atoms with Gasteiger partial charge in [-0.05, 0) is 58.1 Å². The van der Waals surface area contributed by atoms with Crippen LogP contribution in [0, 0.1) is 13.8 Å². The van der Waals surface area contributed by atoms with E-state index in [-0.39, 0.29) is 0 Å². The molecule has 148 valence electrons. The van der Waals surface area contributed by atoms with Crippen molar-refractivity contribution >= 4 is 28.6 Å². The molecule has 0 saturated carbocycles. The molecule has 2 aromatic heterocycles. The molecule has 1 aliphatic heterocycles. The first-order chi connectivity index (χ1) is 13.2. The summed E-state index contributed by atoms with van der Waals surface area (Å²) in [6.07, 6.45) is 3.59. The molecule has 5 nitrogen and oxygen atoms in total. The number of nitrogens with zero attached hydrogens (tertiary/aromatic N) is 3. The normalized spacial score (nSPS) is 16.6. The summed E-state index contributed by atoms with van der Waals surface area (Å²) in [5.74, 6) is 0.914. The molecule has 1 aliphatic rings. The molecule has 2 N–H and O–H groups in total. The van der Waals surface area contributed by atoms with Gasteiger partial charge in [0.25, 0.3) is 0 Å². The predicted octanol–water partition coefficient (Wildman–Crippen LogP) is 3.76. The number of rotatable bonds is 8. The van der Waals surface area contributed by atoms with Gasteiger partial charge < -0.3 is 10.6 Å². The zero-order valence-electron chi connectivity index (χ0n) is 16.6. The summed E-state index contributed by atoms with van der Waals surface area (Å²) in [7, 11) is 0. The maximum atomic E-state index is 4.92. The largest absolute Gasteiger partial charge is 0.357 e. The molecule has 7 heteroatoms. The van der Waals surface area contributed by atoms with E-state index in [9.17, 15) is 0 Å². The summed E-state index contributed by atoms with van der Waals surface area (Å²) in [5, 5.41) is 10.2. The number of likely N-dealkylation sites (tertiary alicyclic amines) is 1. The molecule has 0 amide bonds. The van der Waals surface area contributed by atoms with E-state index in [1.54, 1.807) is 11.3 Å². The van der Waals surface area contributed by atoms with Crippen LogP contribution in [0.15, 0.2) is 22.5 Å². The molecule has 1 unspecified atom stereocenters. The first-order valence-electron chi connectivity index (χ1n) is 9.90. The fourth-order valence-corrected chi connectivity index (χ4v) is 5.33. The third kappa shape index (κ3) is 5.77. The highest BCUT2D eigenvalue weighted by Crippen LogP contribution is 2.28. The molecule has 2 aromatic rings. The second kappa shape index (κ2) is 10.2. The van der Waals surface area contributed by atoms with Gasteiger partial charge in [-0.3, -0.25) is 9.89 Å². The molecule has 3 heterocycles. The van der Waals surface area contributed by atoms with Gasteiger partial charge in [0.15, 0.2) is 5.96 Å². The standard InChI is InChI=1S/C20H31N5S2/c1-4-21-20(22-10-9-18-15(2)24-16(3)27-18)23-14-17(19-8-7-13-26-19)25-11-5-6-12-25/h7-8,13,17H,4-6,9-12,14H2,1-3H3,(H2,21,22,23). The van der Waals surface area contributed by atoms with E-state index >= 15 is 0 Å². The van der Waals surface area contributed by atoms with Gasteiger partial charge in [0.1, 0.15) is 0 Å². The summed E-state index contributed by atoms with van der Waals surface area (Å²) in [6, 6.07) is 4.79. The molecule has 0 spiro atoms. The van der Waals surface area contributed by atoms with Crippen molar-refractivity contribution in [3.05, 3.63) is 38.0 Å². The smallest absolute Gasteiger partial charge is 0.191 e. The van der Waals surface area contributed by atoms with Crippen molar-refractivity contribution in [2.75, 3.05) is 32.7 Å². The Hall–Kier alpha value is -1.44. The number of aromatic nitrogens is 1. The average Bonchev–Trinajstić information content (AvgIpc) is 3.39. The molecule has 0 radical (unpaired) electrons.